The van der Waals surface area contributed by atoms with Crippen molar-refractivity contribution in [3.8, 4) is 5.75 Å². The molecule has 0 radical (unpaired) electrons. The number of alkyl halides is 3. The predicted octanol–water partition coefficient (Wildman–Crippen LogP) is 7.84. The van der Waals surface area contributed by atoms with Gasteiger partial charge in [0.1, 0.15) is 18.2 Å². The molecular formula is C35H34F3IN2O5S. The van der Waals surface area contributed by atoms with Crippen LogP contribution >= 0.6 is 22.6 Å². The Balaban J connectivity index is 1.57. The van der Waals surface area contributed by atoms with Crippen LogP contribution in [0.5, 0.6) is 5.75 Å². The molecule has 2 N–H and O–H groups in total. The Morgan fingerprint density at radius 2 is 1.57 bits per heavy atom. The Hall–Kier alpha value is -3.91. The molecule has 0 saturated carbocycles. The van der Waals surface area contributed by atoms with Gasteiger partial charge in [-0.15, -0.1) is 0 Å². The predicted molar refractivity (Wildman–Crippen MR) is 181 cm³/mol. The zero-order valence-electron chi connectivity index (χ0n) is 25.7. The highest BCUT2D eigenvalue weighted by Gasteiger charge is 2.34. The SMILES string of the molecule is CC(C)CC(NC(=O)c1cc(COc2ccccc2)ccc1CCC(=O)NS(=O)(=O)c1ccccc1C(F)(F)I)c1ccc(F)cc1. The lowest BCUT2D eigenvalue weighted by atomic mass is 9.95. The fourth-order valence-corrected chi connectivity index (χ4v) is 6.85. The van der Waals surface area contributed by atoms with E-state index >= 15 is 0 Å². The maximum atomic E-state index is 14.1. The maximum absolute atomic E-state index is 14.1. The Morgan fingerprint density at radius 1 is 0.915 bits per heavy atom. The van der Waals surface area contributed by atoms with E-state index in [1.807, 2.05) is 36.8 Å². The van der Waals surface area contributed by atoms with Gasteiger partial charge in [-0.2, -0.15) is 8.78 Å². The average Bonchev–Trinajstić information content (AvgIpc) is 3.02. The average molecular weight is 779 g/mol. The van der Waals surface area contributed by atoms with Gasteiger partial charge in [-0.25, -0.2) is 17.5 Å². The number of rotatable bonds is 14. The third-order valence-corrected chi connectivity index (χ3v) is 9.22. The van der Waals surface area contributed by atoms with Crippen molar-refractivity contribution < 1.29 is 35.9 Å². The van der Waals surface area contributed by atoms with Crippen molar-refractivity contribution in [1.29, 1.82) is 0 Å². The molecule has 4 aromatic carbocycles. The van der Waals surface area contributed by atoms with Crippen LogP contribution in [0.1, 0.15) is 65.3 Å². The quantitative estimate of drug-likeness (QED) is 0.100. The molecule has 12 heteroatoms. The van der Waals surface area contributed by atoms with Crippen molar-refractivity contribution in [2.24, 2.45) is 5.92 Å². The summed E-state index contributed by atoms with van der Waals surface area (Å²) >= 11 is 0.833. The van der Waals surface area contributed by atoms with Gasteiger partial charge < -0.3 is 10.1 Å². The van der Waals surface area contributed by atoms with Crippen LogP contribution < -0.4 is 14.8 Å². The van der Waals surface area contributed by atoms with Gasteiger partial charge in [0.05, 0.1) is 16.5 Å². The lowest BCUT2D eigenvalue weighted by Gasteiger charge is -2.22. The highest BCUT2D eigenvalue weighted by molar-refractivity contribution is 14.1. The Morgan fingerprint density at radius 3 is 2.23 bits per heavy atom. The molecule has 0 saturated heterocycles. The monoisotopic (exact) mass is 778 g/mol. The highest BCUT2D eigenvalue weighted by Crippen LogP contribution is 2.38. The topological polar surface area (TPSA) is 102 Å². The van der Waals surface area contributed by atoms with Crippen molar-refractivity contribution in [1.82, 2.24) is 10.0 Å². The second-order valence-corrected chi connectivity index (χ2v) is 14.3. The number of amides is 2. The maximum Gasteiger partial charge on any atom is 0.322 e. The van der Waals surface area contributed by atoms with Crippen LogP contribution in [0.25, 0.3) is 0 Å². The number of carbonyl (C=O) groups is 2. The van der Waals surface area contributed by atoms with E-state index in [9.17, 15) is 31.2 Å². The minimum Gasteiger partial charge on any atom is -0.489 e. The summed E-state index contributed by atoms with van der Waals surface area (Å²) in [5.74, 6) is -0.941. The van der Waals surface area contributed by atoms with E-state index in [0.29, 0.717) is 23.3 Å². The van der Waals surface area contributed by atoms with E-state index in [0.717, 1.165) is 40.3 Å². The molecule has 2 amide bonds. The number of ether oxygens (including phenoxy) is 1. The Kier molecular flexibility index (Phi) is 12.1. The number of nitrogens with one attached hydrogen (secondary N) is 2. The normalized spacial score (nSPS) is 12.4. The molecule has 7 nitrogen and oxygen atoms in total. The lowest BCUT2D eigenvalue weighted by Crippen LogP contribution is -2.32. The van der Waals surface area contributed by atoms with E-state index in [4.69, 9.17) is 4.74 Å². The summed E-state index contributed by atoms with van der Waals surface area (Å²) in [6.45, 7) is 4.15. The standard InChI is InChI=1S/C35H34F3IN2O5S/c1-23(2)20-31(26-14-17-27(36)18-15-26)40-34(43)29-21-24(22-46-28-8-4-3-5-9-28)12-13-25(29)16-19-33(42)41-47(44,45)32-11-7-6-10-30(32)35(37,38)39/h3-15,17-18,21,23,31H,16,19-20,22H2,1-2H3,(H,40,43)(H,41,42). The van der Waals surface area contributed by atoms with E-state index in [2.05, 4.69) is 5.32 Å². The van der Waals surface area contributed by atoms with Crippen molar-refractivity contribution in [3.63, 3.8) is 0 Å². The summed E-state index contributed by atoms with van der Waals surface area (Å²) in [4.78, 5) is 26.0. The number of sulfonamides is 1. The summed E-state index contributed by atoms with van der Waals surface area (Å²) < 4.78 is 71.9. The largest absolute Gasteiger partial charge is 0.489 e. The van der Waals surface area contributed by atoms with E-state index in [1.165, 1.54) is 24.3 Å². The molecule has 0 aromatic heterocycles. The van der Waals surface area contributed by atoms with Gasteiger partial charge in [0.15, 0.2) is 0 Å². The molecule has 1 unspecified atom stereocenters. The van der Waals surface area contributed by atoms with Crippen LogP contribution in [-0.4, -0.2) is 20.2 Å². The molecule has 4 aromatic rings. The number of para-hydroxylation sites is 1. The fourth-order valence-electron chi connectivity index (χ4n) is 4.95. The fraction of sp³-hybridized carbons (Fsp3) is 0.257. The van der Waals surface area contributed by atoms with Gasteiger partial charge in [-0.05, 0) is 71.8 Å². The lowest BCUT2D eigenvalue weighted by molar-refractivity contribution is -0.119. The molecule has 0 heterocycles. The van der Waals surface area contributed by atoms with Crippen LogP contribution in [0.3, 0.4) is 0 Å². The van der Waals surface area contributed by atoms with Crippen LogP contribution in [0.2, 0.25) is 0 Å². The molecule has 248 valence electrons. The molecule has 0 spiro atoms. The molecule has 47 heavy (non-hydrogen) atoms. The minimum atomic E-state index is -4.61. The first-order valence-electron chi connectivity index (χ1n) is 14.8. The molecule has 4 rings (SSSR count). The number of hydrogen-bond acceptors (Lipinski definition) is 5. The van der Waals surface area contributed by atoms with Crippen molar-refractivity contribution in [2.75, 3.05) is 0 Å². The number of benzene rings is 4. The summed E-state index contributed by atoms with van der Waals surface area (Å²) in [5, 5.41) is 3.04. The van der Waals surface area contributed by atoms with E-state index in [-0.39, 0.29) is 30.9 Å². The van der Waals surface area contributed by atoms with Crippen molar-refractivity contribution in [2.45, 2.75) is 54.6 Å². The summed E-state index contributed by atoms with van der Waals surface area (Å²) in [5.41, 5.74) is 1.36. The van der Waals surface area contributed by atoms with Gasteiger partial charge in [0.25, 0.3) is 15.9 Å². The molecule has 0 bridgehead atoms. The summed E-state index contributed by atoms with van der Waals surface area (Å²) in [6, 6.07) is 24.2. The van der Waals surface area contributed by atoms with Crippen molar-refractivity contribution in [3.05, 3.63) is 131 Å². The van der Waals surface area contributed by atoms with E-state index < -0.39 is 48.1 Å². The first-order chi connectivity index (χ1) is 22.2. The first kappa shape index (κ1) is 35.9. The second kappa shape index (κ2) is 15.8. The Bertz CT molecular complexity index is 1800. The van der Waals surface area contributed by atoms with Gasteiger partial charge in [-0.3, -0.25) is 9.59 Å². The zero-order chi connectivity index (χ0) is 34.2. The number of hydrogen-bond donors (Lipinski definition) is 2. The third-order valence-electron chi connectivity index (χ3n) is 7.20. The van der Waals surface area contributed by atoms with Crippen LogP contribution in [0.4, 0.5) is 13.2 Å². The summed E-state index contributed by atoms with van der Waals surface area (Å²) in [6.07, 6.45) is 0.191. The smallest absolute Gasteiger partial charge is 0.322 e. The number of halogens is 4. The molecule has 0 aliphatic carbocycles. The third kappa shape index (κ3) is 10.3. The van der Waals surface area contributed by atoms with Gasteiger partial charge >= 0.3 is 3.93 Å². The van der Waals surface area contributed by atoms with Crippen LogP contribution in [-0.2, 0) is 31.8 Å². The van der Waals surface area contributed by atoms with Gasteiger partial charge in [0.2, 0.25) is 5.91 Å². The Labute approximate surface area is 286 Å². The molecule has 0 fully saturated rings. The minimum absolute atomic E-state index is 0.0284. The molecule has 0 aliphatic rings. The highest BCUT2D eigenvalue weighted by atomic mass is 127. The molecule has 1 atom stereocenters. The van der Waals surface area contributed by atoms with Crippen molar-refractivity contribution >= 4 is 44.4 Å². The van der Waals surface area contributed by atoms with Crippen LogP contribution in [0, 0.1) is 11.7 Å². The van der Waals surface area contributed by atoms with Crippen LogP contribution in [0.15, 0.2) is 102 Å². The van der Waals surface area contributed by atoms with Gasteiger partial charge in [0, 0.05) is 34.6 Å². The molecular weight excluding hydrogens is 744 g/mol. The number of aryl methyl sites for hydroxylation is 1. The first-order valence-corrected chi connectivity index (χ1v) is 17.4. The second-order valence-electron chi connectivity index (χ2n) is 11.3. The molecule has 0 aliphatic heterocycles. The summed E-state index contributed by atoms with van der Waals surface area (Å²) in [7, 11) is -4.61. The number of carbonyl (C=O) groups excluding carboxylic acids is 2. The van der Waals surface area contributed by atoms with E-state index in [1.54, 1.807) is 42.5 Å². The van der Waals surface area contributed by atoms with Gasteiger partial charge in [-0.1, -0.05) is 74.5 Å². The zero-order valence-corrected chi connectivity index (χ0v) is 28.7.